The summed E-state index contributed by atoms with van der Waals surface area (Å²) in [5.41, 5.74) is 0. The van der Waals surface area contributed by atoms with Gasteiger partial charge in [-0.2, -0.15) is 0 Å². The van der Waals surface area contributed by atoms with Gasteiger partial charge in [0.1, 0.15) is 0 Å². The third-order valence-electron chi connectivity index (χ3n) is 0. The molecule has 0 aliphatic carbocycles. The molecule has 10 heavy (non-hydrogen) atoms. The van der Waals surface area contributed by atoms with Crippen molar-refractivity contribution in [3.63, 3.8) is 0 Å². The smallest absolute Gasteiger partial charge is 0.328 e. The molecule has 0 saturated heterocycles. The molecule has 0 atom stereocenters. The molecular formula is H2LiMgN2O6+3. The van der Waals surface area contributed by atoms with Crippen LogP contribution in [0.3, 0.4) is 0 Å². The van der Waals surface area contributed by atoms with Gasteiger partial charge in [-0.25, -0.2) is 0 Å². The van der Waals surface area contributed by atoms with Crippen molar-refractivity contribution in [3.8, 4) is 0 Å². The predicted molar refractivity (Wildman–Crippen MR) is 23.3 cm³/mol. The largest absolute Gasteiger partial charge is 2.00 e. The first kappa shape index (κ1) is 22.6. The van der Waals surface area contributed by atoms with E-state index >= 15 is 0 Å². The van der Waals surface area contributed by atoms with Crippen LogP contribution < -0.4 is 18.9 Å². The second-order valence-electron chi connectivity index (χ2n) is 0.476. The Balaban J connectivity index is -0.0000000300. The molecule has 0 radical (unpaired) electrons. The standard InChI is InChI=1S/Li.Mg.2HNO3/c;;2*2-1(3)4/h;;2*(H,2,3,4)/q+1;+2;;. The summed E-state index contributed by atoms with van der Waals surface area (Å²) in [6.45, 7) is 0. The minimum absolute atomic E-state index is 0. The SMILES string of the molecule is O=[N+]([O-])O.O=[N+]([O-])O.[Li+].[Mg+2]. The second-order valence-corrected chi connectivity index (χ2v) is 0.476. The Morgan fingerprint density at radius 2 is 1.00 bits per heavy atom. The molecule has 0 spiro atoms. The molecule has 48 valence electrons. The molecule has 0 aromatic rings. The van der Waals surface area contributed by atoms with Crippen molar-refractivity contribution in [2.75, 3.05) is 0 Å². The summed E-state index contributed by atoms with van der Waals surface area (Å²) in [4.78, 5) is 16.7. The number of hydrogen-bond donors (Lipinski definition) is 2. The Labute approximate surface area is 82.8 Å². The van der Waals surface area contributed by atoms with Crippen molar-refractivity contribution in [3.05, 3.63) is 20.2 Å². The minimum Gasteiger partial charge on any atom is -0.328 e. The van der Waals surface area contributed by atoms with E-state index in [4.69, 9.17) is 30.6 Å². The quantitative estimate of drug-likeness (QED) is 0.209. The van der Waals surface area contributed by atoms with Gasteiger partial charge in [-0.05, 0) is 0 Å². The van der Waals surface area contributed by atoms with Gasteiger partial charge in [0.25, 0.3) is 10.2 Å². The molecule has 8 nitrogen and oxygen atoms in total. The van der Waals surface area contributed by atoms with E-state index in [2.05, 4.69) is 0 Å². The summed E-state index contributed by atoms with van der Waals surface area (Å²) in [5.74, 6) is 0. The van der Waals surface area contributed by atoms with E-state index < -0.39 is 10.2 Å². The van der Waals surface area contributed by atoms with Crippen molar-refractivity contribution in [1.82, 2.24) is 0 Å². The Bertz CT molecular complexity index is 73.7. The fourth-order valence-electron chi connectivity index (χ4n) is 0. The molecule has 2 N–H and O–H groups in total. The fraction of sp³-hybridized carbons (Fsp3) is 0. The van der Waals surface area contributed by atoms with Crippen LogP contribution >= 0.6 is 0 Å². The number of hydrogen-bond acceptors (Lipinski definition) is 4. The molecule has 0 aliphatic heterocycles. The summed E-state index contributed by atoms with van der Waals surface area (Å²) in [5, 5.41) is 27.3. The van der Waals surface area contributed by atoms with Crippen LogP contribution in [0.2, 0.25) is 0 Å². The van der Waals surface area contributed by atoms with Crippen molar-refractivity contribution < 1.29 is 39.4 Å². The maximum atomic E-state index is 8.36. The summed E-state index contributed by atoms with van der Waals surface area (Å²) in [7, 11) is 0. The molecule has 0 bridgehead atoms. The van der Waals surface area contributed by atoms with Gasteiger partial charge >= 0.3 is 41.9 Å². The maximum absolute atomic E-state index is 8.36. The van der Waals surface area contributed by atoms with Gasteiger partial charge in [-0.3, -0.25) is 0 Å². The molecule has 0 fully saturated rings. The molecule has 0 aromatic heterocycles. The Morgan fingerprint density at radius 1 is 1.00 bits per heavy atom. The average molecular weight is 157 g/mol. The van der Waals surface area contributed by atoms with E-state index in [9.17, 15) is 0 Å². The molecule has 0 rings (SSSR count). The third kappa shape index (κ3) is 6360. The van der Waals surface area contributed by atoms with Gasteiger partial charge in [0, 0.05) is 0 Å². The first-order chi connectivity index (χ1) is 3.46. The first-order valence-corrected chi connectivity index (χ1v) is 1.13. The minimum atomic E-state index is -1.50. The summed E-state index contributed by atoms with van der Waals surface area (Å²) in [6, 6.07) is 0. The molecule has 10 heteroatoms. The molecule has 0 aromatic carbocycles. The Morgan fingerprint density at radius 3 is 1.00 bits per heavy atom. The van der Waals surface area contributed by atoms with E-state index in [1.54, 1.807) is 0 Å². The summed E-state index contributed by atoms with van der Waals surface area (Å²) < 4.78 is 0. The summed E-state index contributed by atoms with van der Waals surface area (Å²) >= 11 is 0. The monoisotopic (exact) mass is 157 g/mol. The maximum Gasteiger partial charge on any atom is 2.00 e. The van der Waals surface area contributed by atoms with Gasteiger partial charge in [0.2, 0.25) is 0 Å². The van der Waals surface area contributed by atoms with Crippen molar-refractivity contribution >= 4 is 23.1 Å². The molecular weight excluding hydrogens is 155 g/mol. The fourth-order valence-corrected chi connectivity index (χ4v) is 0. The van der Waals surface area contributed by atoms with E-state index in [1.165, 1.54) is 0 Å². The Hall–Kier alpha value is -0.236. The zero-order valence-corrected chi connectivity index (χ0v) is 6.54. The van der Waals surface area contributed by atoms with Crippen LogP contribution in [0, 0.1) is 20.2 Å². The molecule has 0 aliphatic rings. The van der Waals surface area contributed by atoms with E-state index in [1.807, 2.05) is 0 Å². The van der Waals surface area contributed by atoms with Crippen molar-refractivity contribution in [1.29, 1.82) is 0 Å². The van der Waals surface area contributed by atoms with Gasteiger partial charge in [0.05, 0.1) is 0 Å². The predicted octanol–water partition coefficient (Wildman–Crippen LogP) is -4.07. The van der Waals surface area contributed by atoms with Crippen LogP contribution in [0.4, 0.5) is 0 Å². The molecule has 0 unspecified atom stereocenters. The molecule has 0 saturated carbocycles. The number of rotatable bonds is 0. The molecule has 0 heterocycles. The zero-order valence-electron chi connectivity index (χ0n) is 5.13. The van der Waals surface area contributed by atoms with Crippen molar-refractivity contribution in [2.24, 2.45) is 0 Å². The first-order valence-electron chi connectivity index (χ1n) is 1.13. The number of nitrogens with zero attached hydrogens (tertiary/aromatic N) is 2. The van der Waals surface area contributed by atoms with Gasteiger partial charge in [-0.1, -0.05) is 0 Å². The zero-order chi connectivity index (χ0) is 7.15. The van der Waals surface area contributed by atoms with Crippen LogP contribution in [0.25, 0.3) is 0 Å². The van der Waals surface area contributed by atoms with Crippen LogP contribution in [-0.4, -0.2) is 43.6 Å². The van der Waals surface area contributed by atoms with Gasteiger partial charge < -0.3 is 10.4 Å². The van der Waals surface area contributed by atoms with Gasteiger partial charge in [0.15, 0.2) is 0 Å². The van der Waals surface area contributed by atoms with E-state index in [0.29, 0.717) is 0 Å². The molecule has 0 amide bonds. The third-order valence-corrected chi connectivity index (χ3v) is 0. The van der Waals surface area contributed by atoms with Crippen LogP contribution in [-0.2, 0) is 0 Å². The van der Waals surface area contributed by atoms with E-state index in [0.717, 1.165) is 0 Å². The van der Waals surface area contributed by atoms with Crippen LogP contribution in [0.1, 0.15) is 0 Å². The summed E-state index contributed by atoms with van der Waals surface area (Å²) in [6.07, 6.45) is 0. The average Bonchev–Trinajstić information content (AvgIpc) is 1.25. The van der Waals surface area contributed by atoms with Crippen molar-refractivity contribution in [2.45, 2.75) is 0 Å². The van der Waals surface area contributed by atoms with Gasteiger partial charge in [-0.15, -0.1) is 20.2 Å². The van der Waals surface area contributed by atoms with Crippen LogP contribution in [0.15, 0.2) is 0 Å². The van der Waals surface area contributed by atoms with Crippen LogP contribution in [0.5, 0.6) is 0 Å². The van der Waals surface area contributed by atoms with E-state index in [-0.39, 0.29) is 41.9 Å². The topological polar surface area (TPSA) is 127 Å². The Kier molecular flexibility index (Phi) is 35.9. The normalized spacial score (nSPS) is 4.80. The second kappa shape index (κ2) is 15.9.